The lowest BCUT2D eigenvalue weighted by atomic mass is 10.0. The maximum absolute atomic E-state index is 12.7. The smallest absolute Gasteiger partial charge is 0.326 e. The first kappa shape index (κ1) is 28.0. The predicted octanol–water partition coefficient (Wildman–Crippen LogP) is -1.93. The van der Waals surface area contributed by atoms with Crippen molar-refractivity contribution in [3.63, 3.8) is 0 Å². The minimum Gasteiger partial charge on any atom is -0.480 e. The average molecular weight is 466 g/mol. The second-order valence-corrected chi connectivity index (χ2v) is 8.28. The Bertz CT molecular complexity index is 634. The van der Waals surface area contributed by atoms with Gasteiger partial charge in [0.05, 0.1) is 12.5 Å². The number of hydrogen-bond acceptors (Lipinski definition) is 8. The van der Waals surface area contributed by atoms with Crippen LogP contribution in [0.25, 0.3) is 0 Å². The Morgan fingerprint density at radius 1 is 1.00 bits per heavy atom. The van der Waals surface area contributed by atoms with Crippen LogP contribution in [0.2, 0.25) is 0 Å². The highest BCUT2D eigenvalue weighted by atomic mass is 32.2. The molecule has 0 heterocycles. The van der Waals surface area contributed by atoms with Crippen LogP contribution in [0.4, 0.5) is 0 Å². The van der Waals surface area contributed by atoms with E-state index in [2.05, 4.69) is 28.6 Å². The molecule has 0 saturated heterocycles. The van der Waals surface area contributed by atoms with Gasteiger partial charge in [0.2, 0.25) is 23.6 Å². The molecule has 11 nitrogen and oxygen atoms in total. The van der Waals surface area contributed by atoms with Gasteiger partial charge in [0, 0.05) is 5.75 Å². The van der Waals surface area contributed by atoms with Crippen molar-refractivity contribution >= 4 is 54.0 Å². The molecule has 4 unspecified atom stereocenters. The zero-order valence-electron chi connectivity index (χ0n) is 17.2. The molecule has 172 valence electrons. The van der Waals surface area contributed by atoms with Crippen molar-refractivity contribution in [3.8, 4) is 0 Å². The number of thiol groups is 1. The molecule has 0 fully saturated rings. The van der Waals surface area contributed by atoms with Crippen molar-refractivity contribution < 1.29 is 29.1 Å². The quantitative estimate of drug-likeness (QED) is 0.144. The number of amides is 4. The topological polar surface area (TPSA) is 194 Å². The number of hydrogen-bond donors (Lipinski definition) is 7. The molecule has 13 heteroatoms. The van der Waals surface area contributed by atoms with Crippen LogP contribution in [-0.2, 0) is 24.0 Å². The van der Waals surface area contributed by atoms with Gasteiger partial charge in [-0.3, -0.25) is 19.2 Å². The highest BCUT2D eigenvalue weighted by molar-refractivity contribution is 7.98. The van der Waals surface area contributed by atoms with E-state index in [-0.39, 0.29) is 12.2 Å². The van der Waals surface area contributed by atoms with Crippen LogP contribution in [0.15, 0.2) is 0 Å². The number of carbonyl (C=O) groups is 5. The largest absolute Gasteiger partial charge is 0.480 e. The van der Waals surface area contributed by atoms with Crippen molar-refractivity contribution in [2.45, 2.75) is 50.9 Å². The Morgan fingerprint density at radius 3 is 1.97 bits per heavy atom. The molecule has 4 atom stereocenters. The molecule has 0 radical (unpaired) electrons. The number of nitrogens with two attached hydrogens (primary N) is 2. The van der Waals surface area contributed by atoms with Crippen molar-refractivity contribution in [1.29, 1.82) is 0 Å². The molecular formula is C17H31N5O6S2. The van der Waals surface area contributed by atoms with Crippen molar-refractivity contribution in [2.75, 3.05) is 17.8 Å². The lowest BCUT2D eigenvalue weighted by Crippen LogP contribution is -2.58. The van der Waals surface area contributed by atoms with E-state index >= 15 is 0 Å². The summed E-state index contributed by atoms with van der Waals surface area (Å²) in [5, 5.41) is 16.4. The molecule has 0 aromatic carbocycles. The SMILES string of the molecule is CSCCC(NC(=O)C(N)CS)C(=O)NC(CC(N)=O)C(=O)NC(C(=O)O)C(C)C. The van der Waals surface area contributed by atoms with Crippen LogP contribution in [0.5, 0.6) is 0 Å². The van der Waals surface area contributed by atoms with Crippen LogP contribution < -0.4 is 27.4 Å². The molecule has 0 bridgehead atoms. The summed E-state index contributed by atoms with van der Waals surface area (Å²) < 4.78 is 0. The Hall–Kier alpha value is -1.99. The van der Waals surface area contributed by atoms with E-state index in [9.17, 15) is 29.1 Å². The number of carboxylic acids is 1. The molecule has 8 N–H and O–H groups in total. The van der Waals surface area contributed by atoms with Gasteiger partial charge in [0.15, 0.2) is 0 Å². The van der Waals surface area contributed by atoms with Gasteiger partial charge in [-0.2, -0.15) is 24.4 Å². The number of primary amides is 1. The molecule has 0 aliphatic heterocycles. The molecule has 0 aliphatic rings. The predicted molar refractivity (Wildman–Crippen MR) is 117 cm³/mol. The van der Waals surface area contributed by atoms with E-state index in [1.54, 1.807) is 13.8 Å². The molecule has 0 aliphatic carbocycles. The van der Waals surface area contributed by atoms with Crippen LogP contribution in [0, 0.1) is 5.92 Å². The number of carbonyl (C=O) groups excluding carboxylic acids is 4. The standard InChI is InChI=1S/C17H31N5O6S2/c1-8(2)13(17(27)28)22-16(26)11(6-12(19)23)21-15(25)10(4-5-30-3)20-14(24)9(18)7-29/h8-11,13,29H,4-7,18H2,1-3H3,(H2,19,23)(H,20,24)(H,21,25)(H,22,26)(H,27,28). The number of nitrogens with one attached hydrogen (secondary N) is 3. The summed E-state index contributed by atoms with van der Waals surface area (Å²) in [7, 11) is 0. The average Bonchev–Trinajstić information content (AvgIpc) is 2.66. The van der Waals surface area contributed by atoms with Gasteiger partial charge in [0.25, 0.3) is 0 Å². The summed E-state index contributed by atoms with van der Waals surface area (Å²) in [6.07, 6.45) is 1.52. The zero-order chi connectivity index (χ0) is 23.4. The normalized spacial score (nSPS) is 14.9. The van der Waals surface area contributed by atoms with Crippen molar-refractivity contribution in [2.24, 2.45) is 17.4 Å². The van der Waals surface area contributed by atoms with Gasteiger partial charge < -0.3 is 32.5 Å². The fraction of sp³-hybridized carbons (Fsp3) is 0.706. The summed E-state index contributed by atoms with van der Waals surface area (Å²) in [6, 6.07) is -4.56. The zero-order valence-corrected chi connectivity index (χ0v) is 18.9. The summed E-state index contributed by atoms with van der Waals surface area (Å²) in [5.41, 5.74) is 10.8. The van der Waals surface area contributed by atoms with E-state index in [1.807, 2.05) is 6.26 Å². The summed E-state index contributed by atoms with van der Waals surface area (Å²) in [4.78, 5) is 60.0. The first-order chi connectivity index (χ1) is 13.9. The fourth-order valence-electron chi connectivity index (χ4n) is 2.32. The third-order valence-electron chi connectivity index (χ3n) is 4.05. The van der Waals surface area contributed by atoms with E-state index in [4.69, 9.17) is 11.5 Å². The van der Waals surface area contributed by atoms with E-state index in [1.165, 1.54) is 11.8 Å². The third-order valence-corrected chi connectivity index (χ3v) is 5.08. The van der Waals surface area contributed by atoms with Gasteiger partial charge in [-0.05, 0) is 24.3 Å². The number of rotatable bonds is 14. The lowest BCUT2D eigenvalue weighted by Gasteiger charge is -2.25. The molecule has 0 spiro atoms. The minimum atomic E-state index is -1.40. The third kappa shape index (κ3) is 10.2. The van der Waals surface area contributed by atoms with Gasteiger partial charge in [-0.1, -0.05) is 13.8 Å². The molecule has 0 aromatic rings. The van der Waals surface area contributed by atoms with Crippen molar-refractivity contribution in [3.05, 3.63) is 0 Å². The minimum absolute atomic E-state index is 0.0706. The summed E-state index contributed by atoms with van der Waals surface area (Å²) in [5.74, 6) is -4.15. The number of aliphatic carboxylic acids is 1. The first-order valence-electron chi connectivity index (χ1n) is 9.22. The van der Waals surface area contributed by atoms with Crippen LogP contribution in [0.3, 0.4) is 0 Å². The maximum atomic E-state index is 12.7. The molecular weight excluding hydrogens is 434 g/mol. The van der Waals surface area contributed by atoms with Gasteiger partial charge in [-0.25, -0.2) is 4.79 Å². The number of thioether (sulfide) groups is 1. The lowest BCUT2D eigenvalue weighted by molar-refractivity contribution is -0.143. The van der Waals surface area contributed by atoms with Crippen LogP contribution >= 0.6 is 24.4 Å². The summed E-state index contributed by atoms with van der Waals surface area (Å²) in [6.45, 7) is 3.19. The highest BCUT2D eigenvalue weighted by Crippen LogP contribution is 2.06. The monoisotopic (exact) mass is 465 g/mol. The summed E-state index contributed by atoms with van der Waals surface area (Å²) >= 11 is 5.38. The molecule has 4 amide bonds. The first-order valence-corrected chi connectivity index (χ1v) is 11.2. The van der Waals surface area contributed by atoms with E-state index in [0.29, 0.717) is 5.75 Å². The van der Waals surface area contributed by atoms with Crippen molar-refractivity contribution in [1.82, 2.24) is 16.0 Å². The molecule has 0 aromatic heterocycles. The molecule has 30 heavy (non-hydrogen) atoms. The van der Waals surface area contributed by atoms with E-state index in [0.717, 1.165) is 0 Å². The second-order valence-electron chi connectivity index (χ2n) is 6.93. The van der Waals surface area contributed by atoms with Gasteiger partial charge in [0.1, 0.15) is 18.1 Å². The Labute approximate surface area is 185 Å². The maximum Gasteiger partial charge on any atom is 0.326 e. The second kappa shape index (κ2) is 14.1. The molecule has 0 rings (SSSR count). The van der Waals surface area contributed by atoms with Gasteiger partial charge in [-0.15, -0.1) is 0 Å². The fourth-order valence-corrected chi connectivity index (χ4v) is 2.95. The van der Waals surface area contributed by atoms with Gasteiger partial charge >= 0.3 is 5.97 Å². The number of carboxylic acid groups (broad SMARTS) is 1. The Kier molecular flexibility index (Phi) is 13.2. The highest BCUT2D eigenvalue weighted by Gasteiger charge is 2.31. The van der Waals surface area contributed by atoms with E-state index < -0.39 is 66.1 Å². The van der Waals surface area contributed by atoms with Crippen LogP contribution in [0.1, 0.15) is 26.7 Å². The Morgan fingerprint density at radius 2 is 1.53 bits per heavy atom. The Balaban J connectivity index is 5.43. The molecule has 0 saturated carbocycles. The van der Waals surface area contributed by atoms with Crippen LogP contribution in [-0.4, -0.2) is 76.6 Å².